The predicted octanol–water partition coefficient (Wildman–Crippen LogP) is 2.45. The van der Waals surface area contributed by atoms with Gasteiger partial charge in [0.05, 0.1) is 0 Å². The Hall–Kier alpha value is -1.46. The number of carbonyl (C=O) groups is 2. The highest BCUT2D eigenvalue weighted by Crippen LogP contribution is 2.24. The second kappa shape index (κ2) is 8.86. The summed E-state index contributed by atoms with van der Waals surface area (Å²) in [7, 11) is 0. The van der Waals surface area contributed by atoms with Crippen molar-refractivity contribution in [2.45, 2.75) is 38.1 Å². The lowest BCUT2D eigenvalue weighted by molar-refractivity contribution is -0.121. The molecule has 1 amide bonds. The van der Waals surface area contributed by atoms with E-state index in [0.717, 1.165) is 19.3 Å². The number of nitrogens with one attached hydrogen (secondary N) is 1. The minimum absolute atomic E-state index is 0. The number of hydrogen-bond donors (Lipinski definition) is 2. The fourth-order valence-corrected chi connectivity index (χ4v) is 2.73. The van der Waals surface area contributed by atoms with Crippen molar-refractivity contribution in [2.75, 3.05) is 6.54 Å². The van der Waals surface area contributed by atoms with E-state index in [2.05, 4.69) is 5.32 Å². The summed E-state index contributed by atoms with van der Waals surface area (Å²) in [5.41, 5.74) is 6.05. The van der Waals surface area contributed by atoms with Crippen LogP contribution in [0.5, 0.6) is 0 Å². The zero-order chi connectivity index (χ0) is 15.2. The Labute approximate surface area is 136 Å². The first-order valence-electron chi connectivity index (χ1n) is 7.36. The molecule has 22 heavy (non-hydrogen) atoms. The van der Waals surface area contributed by atoms with Crippen LogP contribution < -0.4 is 11.1 Å². The van der Waals surface area contributed by atoms with Gasteiger partial charge in [0.15, 0.2) is 5.78 Å². The van der Waals surface area contributed by atoms with Gasteiger partial charge < -0.3 is 11.1 Å². The first-order valence-corrected chi connectivity index (χ1v) is 7.36. The molecule has 6 heteroatoms. The minimum Gasteiger partial charge on any atom is -0.353 e. The van der Waals surface area contributed by atoms with Crippen molar-refractivity contribution >= 4 is 24.1 Å². The maximum Gasteiger partial charge on any atom is 0.220 e. The number of hydrogen-bond acceptors (Lipinski definition) is 3. The van der Waals surface area contributed by atoms with Crippen LogP contribution in [0.4, 0.5) is 4.39 Å². The third-order valence-corrected chi connectivity index (χ3v) is 3.98. The molecule has 1 aliphatic rings. The Morgan fingerprint density at radius 3 is 2.45 bits per heavy atom. The summed E-state index contributed by atoms with van der Waals surface area (Å²) < 4.78 is 12.8. The second-order valence-electron chi connectivity index (χ2n) is 5.61. The van der Waals surface area contributed by atoms with Crippen LogP contribution in [-0.4, -0.2) is 24.3 Å². The highest BCUT2D eigenvalue weighted by molar-refractivity contribution is 5.97. The Balaban J connectivity index is 0.00000242. The molecule has 0 radical (unpaired) electrons. The smallest absolute Gasteiger partial charge is 0.220 e. The van der Waals surface area contributed by atoms with Gasteiger partial charge in [0, 0.05) is 24.4 Å². The van der Waals surface area contributed by atoms with Crippen molar-refractivity contribution in [1.29, 1.82) is 0 Å². The fraction of sp³-hybridized carbons (Fsp3) is 0.500. The summed E-state index contributed by atoms with van der Waals surface area (Å²) in [6.07, 6.45) is 3.24. The lowest BCUT2D eigenvalue weighted by atomic mass is 10.1. The molecule has 0 aromatic heterocycles. The maximum atomic E-state index is 12.8. The van der Waals surface area contributed by atoms with Gasteiger partial charge in [-0.1, -0.05) is 0 Å². The summed E-state index contributed by atoms with van der Waals surface area (Å²) in [6.45, 7) is 0.662. The third-order valence-electron chi connectivity index (χ3n) is 3.98. The molecule has 1 aromatic rings. The Bertz CT molecular complexity index is 507. The molecule has 0 aliphatic heterocycles. The van der Waals surface area contributed by atoms with Crippen molar-refractivity contribution < 1.29 is 14.0 Å². The van der Waals surface area contributed by atoms with Crippen molar-refractivity contribution in [2.24, 2.45) is 11.7 Å². The van der Waals surface area contributed by atoms with Gasteiger partial charge in [0.2, 0.25) is 5.91 Å². The van der Waals surface area contributed by atoms with Crippen LogP contribution in [0.3, 0.4) is 0 Å². The molecule has 2 unspecified atom stereocenters. The Morgan fingerprint density at radius 1 is 1.18 bits per heavy atom. The zero-order valence-electron chi connectivity index (χ0n) is 12.4. The molecule has 2 rings (SSSR count). The standard InChI is InChI=1S/C16H21FN2O2.ClH/c17-13-4-2-12(3-5-13)15(20)7-8-16(21)19-14-6-1-11(9-14)10-18;/h2-5,11,14H,1,6-10,18H2,(H,19,21);1H. The molecule has 2 atom stereocenters. The number of Topliss-reactive ketones (excluding diaryl/α,β-unsaturated/α-hetero) is 1. The largest absolute Gasteiger partial charge is 0.353 e. The van der Waals surface area contributed by atoms with E-state index in [1.54, 1.807) is 0 Å². The van der Waals surface area contributed by atoms with Crippen LogP contribution in [0.25, 0.3) is 0 Å². The molecule has 3 N–H and O–H groups in total. The monoisotopic (exact) mass is 328 g/mol. The van der Waals surface area contributed by atoms with Gasteiger partial charge in [-0.15, -0.1) is 12.4 Å². The second-order valence-corrected chi connectivity index (χ2v) is 5.61. The fourth-order valence-electron chi connectivity index (χ4n) is 2.73. The van der Waals surface area contributed by atoms with Gasteiger partial charge in [-0.25, -0.2) is 4.39 Å². The number of rotatable bonds is 6. The first-order chi connectivity index (χ1) is 10.1. The number of nitrogens with two attached hydrogens (primary N) is 1. The van der Waals surface area contributed by atoms with Gasteiger partial charge >= 0.3 is 0 Å². The number of ketones is 1. The van der Waals surface area contributed by atoms with Crippen molar-refractivity contribution in [3.05, 3.63) is 35.6 Å². The number of amides is 1. The summed E-state index contributed by atoms with van der Waals surface area (Å²) in [4.78, 5) is 23.7. The Morgan fingerprint density at radius 2 is 1.86 bits per heavy atom. The van der Waals surface area contributed by atoms with Crippen LogP contribution in [0.15, 0.2) is 24.3 Å². The molecule has 1 fully saturated rings. The number of benzene rings is 1. The lowest BCUT2D eigenvalue weighted by Crippen LogP contribution is -2.33. The summed E-state index contributed by atoms with van der Waals surface area (Å²) in [5, 5.41) is 2.95. The van der Waals surface area contributed by atoms with E-state index in [0.29, 0.717) is 18.0 Å². The number of halogens is 2. The van der Waals surface area contributed by atoms with Crippen LogP contribution in [0, 0.1) is 11.7 Å². The molecule has 0 spiro atoms. The van der Waals surface area contributed by atoms with E-state index >= 15 is 0 Å². The molecule has 4 nitrogen and oxygen atoms in total. The summed E-state index contributed by atoms with van der Waals surface area (Å²) in [5.74, 6) is -0.124. The van der Waals surface area contributed by atoms with Gasteiger partial charge in [-0.3, -0.25) is 9.59 Å². The van der Waals surface area contributed by atoms with Crippen LogP contribution in [-0.2, 0) is 4.79 Å². The third kappa shape index (κ3) is 5.39. The average Bonchev–Trinajstić information content (AvgIpc) is 2.93. The molecule has 122 valence electrons. The Kier molecular flexibility index (Phi) is 7.48. The normalized spacial score (nSPS) is 20.3. The van der Waals surface area contributed by atoms with Crippen molar-refractivity contribution in [3.63, 3.8) is 0 Å². The quantitative estimate of drug-likeness (QED) is 0.788. The lowest BCUT2D eigenvalue weighted by Gasteiger charge is -2.12. The number of carbonyl (C=O) groups excluding carboxylic acids is 2. The first kappa shape index (κ1) is 18.6. The van der Waals surface area contributed by atoms with Crippen LogP contribution in [0.1, 0.15) is 42.5 Å². The average molecular weight is 329 g/mol. The van der Waals surface area contributed by atoms with Crippen LogP contribution >= 0.6 is 12.4 Å². The van der Waals surface area contributed by atoms with Gasteiger partial charge in [0.25, 0.3) is 0 Å². The van der Waals surface area contributed by atoms with E-state index in [9.17, 15) is 14.0 Å². The molecule has 0 saturated heterocycles. The van der Waals surface area contributed by atoms with Gasteiger partial charge in [-0.2, -0.15) is 0 Å². The zero-order valence-corrected chi connectivity index (χ0v) is 13.2. The highest BCUT2D eigenvalue weighted by Gasteiger charge is 2.24. The van der Waals surface area contributed by atoms with Crippen molar-refractivity contribution in [1.82, 2.24) is 5.32 Å². The van der Waals surface area contributed by atoms with Crippen LogP contribution in [0.2, 0.25) is 0 Å². The molecule has 1 saturated carbocycles. The van der Waals surface area contributed by atoms with Gasteiger partial charge in [-0.05, 0) is 56.0 Å². The topological polar surface area (TPSA) is 72.2 Å². The van der Waals surface area contributed by atoms with E-state index in [4.69, 9.17) is 5.73 Å². The van der Waals surface area contributed by atoms with E-state index in [1.165, 1.54) is 24.3 Å². The van der Waals surface area contributed by atoms with E-state index in [-0.39, 0.29) is 48.8 Å². The van der Waals surface area contributed by atoms with Gasteiger partial charge in [0.1, 0.15) is 5.82 Å². The minimum atomic E-state index is -0.375. The molecular formula is C16H22ClFN2O2. The predicted molar refractivity (Wildman–Crippen MR) is 85.5 cm³/mol. The summed E-state index contributed by atoms with van der Waals surface area (Å²) in [6, 6.07) is 5.57. The highest BCUT2D eigenvalue weighted by atomic mass is 35.5. The molecule has 0 heterocycles. The molecule has 0 bridgehead atoms. The van der Waals surface area contributed by atoms with E-state index < -0.39 is 0 Å². The van der Waals surface area contributed by atoms with E-state index in [1.807, 2.05) is 0 Å². The van der Waals surface area contributed by atoms with Crippen molar-refractivity contribution in [3.8, 4) is 0 Å². The molecular weight excluding hydrogens is 307 g/mol. The SMILES string of the molecule is Cl.NCC1CCC(NC(=O)CCC(=O)c2ccc(F)cc2)C1. The molecule has 1 aliphatic carbocycles. The molecule has 1 aromatic carbocycles. The summed E-state index contributed by atoms with van der Waals surface area (Å²) >= 11 is 0. The maximum absolute atomic E-state index is 12.8.